The lowest BCUT2D eigenvalue weighted by atomic mass is 9.82. The van der Waals surface area contributed by atoms with Crippen molar-refractivity contribution in [3.05, 3.63) is 120 Å². The fraction of sp³-hybridized carbons (Fsp3) is 0.207. The van der Waals surface area contributed by atoms with Crippen molar-refractivity contribution in [2.45, 2.75) is 39.2 Å². The minimum atomic E-state index is -1.15. The summed E-state index contributed by atoms with van der Waals surface area (Å²) in [5.41, 5.74) is 7.32. The molecule has 2 aromatic carbocycles. The highest BCUT2D eigenvalue weighted by Gasteiger charge is 2.26. The Morgan fingerprint density at radius 2 is 1.78 bits per heavy atom. The van der Waals surface area contributed by atoms with Crippen LogP contribution < -0.4 is 5.69 Å². The fourth-order valence-corrected chi connectivity index (χ4v) is 5.11. The summed E-state index contributed by atoms with van der Waals surface area (Å²) < 4.78 is 7.25. The minimum Gasteiger partial charge on any atom is -0.475 e. The summed E-state index contributed by atoms with van der Waals surface area (Å²) in [6.45, 7) is 4.32. The van der Waals surface area contributed by atoms with E-state index in [-0.39, 0.29) is 23.9 Å². The third-order valence-electron chi connectivity index (χ3n) is 6.54. The summed E-state index contributed by atoms with van der Waals surface area (Å²) in [5, 5.41) is 9.17. The molecule has 4 aromatic rings. The molecular weight excluding hydrogens is 472 g/mol. The maximum Gasteiger partial charge on any atom is 0.371 e. The number of aromatic carboxylic acids is 1. The first-order valence-electron chi connectivity index (χ1n) is 11.9. The van der Waals surface area contributed by atoms with Crippen LogP contribution in [0.1, 0.15) is 74.5 Å². The van der Waals surface area contributed by atoms with Crippen molar-refractivity contribution >= 4 is 30.3 Å². The van der Waals surface area contributed by atoms with E-state index in [9.17, 15) is 9.59 Å². The normalized spacial score (nSPS) is 14.2. The number of furan rings is 1. The number of carboxylic acid groups (broad SMARTS) is 1. The number of H-pyrrole nitrogens is 1. The second kappa shape index (κ2) is 9.59. The van der Waals surface area contributed by atoms with Gasteiger partial charge in [-0.2, -0.15) is 0 Å². The van der Waals surface area contributed by atoms with Crippen LogP contribution in [0.5, 0.6) is 0 Å². The van der Waals surface area contributed by atoms with E-state index in [2.05, 4.69) is 67.4 Å². The summed E-state index contributed by atoms with van der Waals surface area (Å²) in [6.07, 6.45) is 8.15. The Hall–Kier alpha value is -3.97. The highest BCUT2D eigenvalue weighted by Crippen LogP contribution is 2.40. The molecule has 5 rings (SSSR count). The summed E-state index contributed by atoms with van der Waals surface area (Å²) in [4.78, 5) is 26.8. The van der Waals surface area contributed by atoms with Crippen molar-refractivity contribution in [1.82, 2.24) is 9.55 Å². The van der Waals surface area contributed by atoms with Crippen LogP contribution in [-0.4, -0.2) is 20.6 Å². The molecule has 182 valence electrons. The van der Waals surface area contributed by atoms with Gasteiger partial charge in [-0.05, 0) is 53.3 Å². The lowest BCUT2D eigenvalue weighted by Gasteiger charge is -2.22. The van der Waals surface area contributed by atoms with Gasteiger partial charge in [0, 0.05) is 17.7 Å². The molecule has 7 heteroatoms. The highest BCUT2D eigenvalue weighted by molar-refractivity contribution is 7.71. The maximum absolute atomic E-state index is 12.8. The zero-order chi connectivity index (χ0) is 25.4. The molecule has 2 N–H and O–H groups in total. The van der Waals surface area contributed by atoms with Gasteiger partial charge < -0.3 is 9.52 Å². The number of aryl methyl sites for hydroxylation is 2. The van der Waals surface area contributed by atoms with Crippen molar-refractivity contribution in [1.29, 1.82) is 0 Å². The Morgan fingerprint density at radius 1 is 1.06 bits per heavy atom. The van der Waals surface area contributed by atoms with Gasteiger partial charge in [-0.15, -0.1) is 0 Å². The van der Waals surface area contributed by atoms with Crippen molar-refractivity contribution in [3.63, 3.8) is 0 Å². The predicted octanol–water partition coefficient (Wildman–Crippen LogP) is 6.17. The number of benzene rings is 2. The van der Waals surface area contributed by atoms with Gasteiger partial charge in [-0.1, -0.05) is 79.7 Å². The summed E-state index contributed by atoms with van der Waals surface area (Å²) in [7, 11) is 0. The lowest BCUT2D eigenvalue weighted by Crippen LogP contribution is -2.25. The summed E-state index contributed by atoms with van der Waals surface area (Å²) in [5.74, 6) is -1.14. The maximum atomic E-state index is 12.8. The van der Waals surface area contributed by atoms with E-state index in [4.69, 9.17) is 21.7 Å². The van der Waals surface area contributed by atoms with Crippen LogP contribution in [0.15, 0.2) is 63.9 Å². The molecule has 36 heavy (non-hydrogen) atoms. The van der Waals surface area contributed by atoms with E-state index in [1.807, 2.05) is 0 Å². The minimum absolute atomic E-state index is 0.0826. The average Bonchev–Trinajstić information content (AvgIpc) is 3.25. The number of carbonyl (C=O) groups is 1. The molecule has 6 nitrogen and oxygen atoms in total. The molecule has 0 amide bonds. The molecule has 0 saturated heterocycles. The standard InChI is InChI=1S/C29H26N2O4S/c1-3-4-18-6-11-23-20(14-18)8-7-19-13-17(2)5-10-22(19)26(23)24-16-31(29(34)30-27(24)36)15-21-9-12-25(35-21)28(32)33/h5-14,16,26H,3-4,15H2,1-2H3,(H,32,33)(H,30,34,36). The third-order valence-corrected chi connectivity index (χ3v) is 6.88. The largest absolute Gasteiger partial charge is 0.475 e. The number of carboxylic acids is 1. The molecule has 1 atom stereocenters. The summed E-state index contributed by atoms with van der Waals surface area (Å²) in [6, 6.07) is 15.9. The molecule has 0 saturated carbocycles. The zero-order valence-corrected chi connectivity index (χ0v) is 20.9. The SMILES string of the molecule is CCCc1ccc2c(c1)C=Cc1cc(C)ccc1C2c1cn(Cc2ccc(C(=O)O)o2)c(=O)[nH]c1=S. The number of aromatic nitrogens is 2. The van der Waals surface area contributed by atoms with Crippen LogP contribution in [0.2, 0.25) is 0 Å². The van der Waals surface area contributed by atoms with Gasteiger partial charge >= 0.3 is 11.7 Å². The van der Waals surface area contributed by atoms with Crippen molar-refractivity contribution in [2.75, 3.05) is 0 Å². The second-order valence-corrected chi connectivity index (χ2v) is 9.56. The topological polar surface area (TPSA) is 88.2 Å². The van der Waals surface area contributed by atoms with E-state index >= 15 is 0 Å². The van der Waals surface area contributed by atoms with E-state index < -0.39 is 5.97 Å². The van der Waals surface area contributed by atoms with Crippen LogP contribution in [-0.2, 0) is 13.0 Å². The van der Waals surface area contributed by atoms with Gasteiger partial charge in [0.05, 0.1) is 6.54 Å². The fourth-order valence-electron chi connectivity index (χ4n) is 4.85. The van der Waals surface area contributed by atoms with E-state index in [1.165, 1.54) is 16.2 Å². The molecule has 0 aliphatic heterocycles. The Labute approximate surface area is 213 Å². The van der Waals surface area contributed by atoms with Crippen molar-refractivity contribution < 1.29 is 14.3 Å². The van der Waals surface area contributed by atoms with Crippen LogP contribution in [0, 0.1) is 11.6 Å². The zero-order valence-electron chi connectivity index (χ0n) is 20.1. The molecule has 0 fully saturated rings. The van der Waals surface area contributed by atoms with Gasteiger partial charge in [0.15, 0.2) is 0 Å². The smallest absolute Gasteiger partial charge is 0.371 e. The molecule has 2 aromatic heterocycles. The number of nitrogens with one attached hydrogen (secondary N) is 1. The van der Waals surface area contributed by atoms with Crippen LogP contribution >= 0.6 is 12.2 Å². The highest BCUT2D eigenvalue weighted by atomic mass is 32.1. The van der Waals surface area contributed by atoms with Crippen LogP contribution in [0.3, 0.4) is 0 Å². The molecule has 0 bridgehead atoms. The van der Waals surface area contributed by atoms with Gasteiger partial charge in [-0.25, -0.2) is 9.59 Å². The molecule has 2 heterocycles. The van der Waals surface area contributed by atoms with Crippen molar-refractivity contribution in [2.24, 2.45) is 0 Å². The van der Waals surface area contributed by atoms with Gasteiger partial charge in [0.25, 0.3) is 0 Å². The quantitative estimate of drug-likeness (QED) is 0.273. The Kier molecular flexibility index (Phi) is 6.33. The van der Waals surface area contributed by atoms with Gasteiger partial charge in [0.1, 0.15) is 10.4 Å². The number of hydrogen-bond acceptors (Lipinski definition) is 4. The Bertz CT molecular complexity index is 1620. The number of hydrogen-bond donors (Lipinski definition) is 2. The summed E-state index contributed by atoms with van der Waals surface area (Å²) >= 11 is 5.69. The Morgan fingerprint density at radius 3 is 2.47 bits per heavy atom. The second-order valence-electron chi connectivity index (χ2n) is 9.15. The number of fused-ring (bicyclic) bond motifs is 2. The number of aromatic amines is 1. The molecule has 0 spiro atoms. The molecule has 1 aliphatic rings. The molecule has 1 unspecified atom stereocenters. The van der Waals surface area contributed by atoms with Gasteiger partial charge in [0.2, 0.25) is 5.76 Å². The molecule has 0 radical (unpaired) electrons. The third kappa shape index (κ3) is 4.50. The average molecular weight is 499 g/mol. The van der Waals surface area contributed by atoms with Crippen molar-refractivity contribution in [3.8, 4) is 0 Å². The van der Waals surface area contributed by atoms with Crippen LogP contribution in [0.4, 0.5) is 0 Å². The number of rotatable bonds is 6. The van der Waals surface area contributed by atoms with Gasteiger partial charge in [-0.3, -0.25) is 9.55 Å². The first-order chi connectivity index (χ1) is 17.3. The first kappa shape index (κ1) is 23.8. The molecular formula is C29H26N2O4S. The monoisotopic (exact) mass is 498 g/mol. The predicted molar refractivity (Wildman–Crippen MR) is 142 cm³/mol. The van der Waals surface area contributed by atoms with E-state index in [1.54, 1.807) is 12.3 Å². The van der Waals surface area contributed by atoms with Crippen LogP contribution in [0.25, 0.3) is 12.2 Å². The number of nitrogens with zero attached hydrogens (tertiary/aromatic N) is 1. The first-order valence-corrected chi connectivity index (χ1v) is 12.3. The molecule has 1 aliphatic carbocycles. The van der Waals surface area contributed by atoms with E-state index in [0.717, 1.165) is 46.2 Å². The lowest BCUT2D eigenvalue weighted by molar-refractivity contribution is 0.0660. The Balaban J connectivity index is 1.68. The van der Waals surface area contributed by atoms with E-state index in [0.29, 0.717) is 10.4 Å².